The Bertz CT molecular complexity index is 663. The summed E-state index contributed by atoms with van der Waals surface area (Å²) in [6.45, 7) is 9.71. The standard InChI is InChI=1S/C22H34N2O4/c1-15(2)18(25)22(11-12-22)14-23-19(26)17(13-16-9-7-6-8-10-16)24-20(27)28-21(3,4)5/h6-10,15,17-18,25H,11-14H2,1-5H3,(H,23,26)(H,24,27)/t17-,18?/m0/s1. The first-order chi connectivity index (χ1) is 13.0. The first-order valence-electron chi connectivity index (χ1n) is 10.0. The molecular weight excluding hydrogens is 356 g/mol. The third-order valence-corrected chi connectivity index (χ3v) is 5.06. The van der Waals surface area contributed by atoms with Crippen LogP contribution in [-0.2, 0) is 16.0 Å². The van der Waals surface area contributed by atoms with Crippen LogP contribution in [0.25, 0.3) is 0 Å². The van der Waals surface area contributed by atoms with E-state index in [1.807, 2.05) is 44.2 Å². The van der Waals surface area contributed by atoms with Gasteiger partial charge in [0.1, 0.15) is 11.6 Å². The number of alkyl carbamates (subject to hydrolysis) is 1. The molecule has 0 aliphatic heterocycles. The fourth-order valence-electron chi connectivity index (χ4n) is 3.34. The molecule has 1 aliphatic carbocycles. The molecule has 1 aromatic carbocycles. The van der Waals surface area contributed by atoms with Gasteiger partial charge in [0.25, 0.3) is 0 Å². The highest BCUT2D eigenvalue weighted by molar-refractivity contribution is 5.86. The lowest BCUT2D eigenvalue weighted by Gasteiger charge is -2.27. The minimum Gasteiger partial charge on any atom is -0.444 e. The molecule has 6 heteroatoms. The Balaban J connectivity index is 2.03. The summed E-state index contributed by atoms with van der Waals surface area (Å²) >= 11 is 0. The molecule has 0 spiro atoms. The second-order valence-electron chi connectivity index (χ2n) is 9.16. The van der Waals surface area contributed by atoms with E-state index in [2.05, 4.69) is 10.6 Å². The number of aliphatic hydroxyl groups excluding tert-OH is 1. The Morgan fingerprint density at radius 1 is 1.18 bits per heavy atom. The van der Waals surface area contributed by atoms with Crippen LogP contribution < -0.4 is 10.6 Å². The number of hydrogen-bond donors (Lipinski definition) is 3. The number of benzene rings is 1. The van der Waals surface area contributed by atoms with E-state index < -0.39 is 23.8 Å². The minimum atomic E-state index is -0.746. The number of hydrogen-bond acceptors (Lipinski definition) is 4. The maximum Gasteiger partial charge on any atom is 0.408 e. The SMILES string of the molecule is CC(C)C(O)C1(CNC(=O)[C@H](Cc2ccccc2)NC(=O)OC(C)(C)C)CC1. The Morgan fingerprint density at radius 3 is 2.29 bits per heavy atom. The minimum absolute atomic E-state index is 0.138. The van der Waals surface area contributed by atoms with Crippen LogP contribution in [0.1, 0.15) is 53.0 Å². The van der Waals surface area contributed by atoms with Crippen molar-refractivity contribution in [2.75, 3.05) is 6.54 Å². The van der Waals surface area contributed by atoms with Gasteiger partial charge in [-0.3, -0.25) is 4.79 Å². The quantitative estimate of drug-likeness (QED) is 0.637. The molecule has 0 heterocycles. The van der Waals surface area contributed by atoms with Crippen molar-refractivity contribution in [3.05, 3.63) is 35.9 Å². The van der Waals surface area contributed by atoms with Crippen LogP contribution in [-0.4, -0.2) is 41.4 Å². The molecule has 1 aliphatic rings. The van der Waals surface area contributed by atoms with Crippen molar-refractivity contribution < 1.29 is 19.4 Å². The summed E-state index contributed by atoms with van der Waals surface area (Å²) < 4.78 is 5.31. The smallest absolute Gasteiger partial charge is 0.408 e. The number of carbonyl (C=O) groups is 2. The highest BCUT2D eigenvalue weighted by Gasteiger charge is 2.50. The average Bonchev–Trinajstić information content (AvgIpc) is 3.38. The summed E-state index contributed by atoms with van der Waals surface area (Å²) in [7, 11) is 0. The summed E-state index contributed by atoms with van der Waals surface area (Å²) in [6, 6.07) is 8.80. The monoisotopic (exact) mass is 390 g/mol. The summed E-state index contributed by atoms with van der Waals surface area (Å²) in [4.78, 5) is 25.1. The van der Waals surface area contributed by atoms with Crippen LogP contribution in [0.15, 0.2) is 30.3 Å². The number of rotatable bonds is 8. The Morgan fingerprint density at radius 2 is 1.79 bits per heavy atom. The molecule has 156 valence electrons. The fourth-order valence-corrected chi connectivity index (χ4v) is 3.34. The molecule has 0 radical (unpaired) electrons. The van der Waals surface area contributed by atoms with E-state index in [0.29, 0.717) is 13.0 Å². The molecule has 1 saturated carbocycles. The van der Waals surface area contributed by atoms with E-state index in [0.717, 1.165) is 18.4 Å². The molecule has 2 amide bonds. The van der Waals surface area contributed by atoms with Gasteiger partial charge in [0.15, 0.2) is 0 Å². The van der Waals surface area contributed by atoms with E-state index in [-0.39, 0.29) is 17.2 Å². The second kappa shape index (κ2) is 8.95. The number of carbonyl (C=O) groups excluding carboxylic acids is 2. The van der Waals surface area contributed by atoms with Crippen molar-refractivity contribution in [2.45, 2.75) is 71.6 Å². The van der Waals surface area contributed by atoms with Crippen molar-refractivity contribution in [2.24, 2.45) is 11.3 Å². The van der Waals surface area contributed by atoms with Crippen molar-refractivity contribution in [1.82, 2.24) is 10.6 Å². The van der Waals surface area contributed by atoms with Gasteiger partial charge in [-0.1, -0.05) is 44.2 Å². The van der Waals surface area contributed by atoms with E-state index >= 15 is 0 Å². The Kier molecular flexibility index (Phi) is 7.10. The molecule has 1 fully saturated rings. The second-order valence-corrected chi connectivity index (χ2v) is 9.16. The third-order valence-electron chi connectivity index (χ3n) is 5.06. The van der Waals surface area contributed by atoms with Gasteiger partial charge < -0.3 is 20.5 Å². The molecule has 0 bridgehead atoms. The fraction of sp³-hybridized carbons (Fsp3) is 0.636. The summed E-state index contributed by atoms with van der Waals surface area (Å²) in [5.74, 6) is -0.128. The topological polar surface area (TPSA) is 87.7 Å². The van der Waals surface area contributed by atoms with Crippen LogP contribution in [0, 0.1) is 11.3 Å². The molecule has 28 heavy (non-hydrogen) atoms. The molecule has 1 unspecified atom stereocenters. The zero-order valence-corrected chi connectivity index (χ0v) is 17.6. The maximum atomic E-state index is 12.9. The highest BCUT2D eigenvalue weighted by Crippen LogP contribution is 2.50. The predicted octanol–water partition coefficient (Wildman–Crippen LogP) is 3.04. The Labute approximate surface area is 168 Å². The van der Waals surface area contributed by atoms with Crippen LogP contribution in [0.5, 0.6) is 0 Å². The zero-order chi connectivity index (χ0) is 20.9. The van der Waals surface area contributed by atoms with Crippen molar-refractivity contribution >= 4 is 12.0 Å². The summed E-state index contributed by atoms with van der Waals surface area (Å²) in [5, 5.41) is 16.1. The lowest BCUT2D eigenvalue weighted by Crippen LogP contribution is -2.51. The van der Waals surface area contributed by atoms with Gasteiger partial charge in [0, 0.05) is 18.4 Å². The molecule has 0 saturated heterocycles. The number of aliphatic hydroxyl groups is 1. The van der Waals surface area contributed by atoms with Crippen molar-refractivity contribution in [1.29, 1.82) is 0 Å². The number of ether oxygens (including phenoxy) is 1. The molecule has 6 nitrogen and oxygen atoms in total. The van der Waals surface area contributed by atoms with Gasteiger partial charge in [0.05, 0.1) is 6.10 Å². The van der Waals surface area contributed by atoms with Crippen molar-refractivity contribution in [3.8, 4) is 0 Å². The molecule has 0 aromatic heterocycles. The molecule has 1 aromatic rings. The van der Waals surface area contributed by atoms with Crippen LogP contribution >= 0.6 is 0 Å². The highest BCUT2D eigenvalue weighted by atomic mass is 16.6. The largest absolute Gasteiger partial charge is 0.444 e. The lowest BCUT2D eigenvalue weighted by molar-refractivity contribution is -0.123. The average molecular weight is 391 g/mol. The van der Waals surface area contributed by atoms with Gasteiger partial charge in [-0.05, 0) is 45.1 Å². The molecule has 2 rings (SSSR count). The molecule has 2 atom stereocenters. The van der Waals surface area contributed by atoms with E-state index in [1.165, 1.54) is 0 Å². The summed E-state index contributed by atoms with van der Waals surface area (Å²) in [5.41, 5.74) is 0.0618. The van der Waals surface area contributed by atoms with Crippen LogP contribution in [0.3, 0.4) is 0 Å². The van der Waals surface area contributed by atoms with Gasteiger partial charge >= 0.3 is 6.09 Å². The van der Waals surface area contributed by atoms with Crippen LogP contribution in [0.4, 0.5) is 4.79 Å². The van der Waals surface area contributed by atoms with E-state index in [1.54, 1.807) is 20.8 Å². The first-order valence-corrected chi connectivity index (χ1v) is 10.0. The van der Waals surface area contributed by atoms with Crippen molar-refractivity contribution in [3.63, 3.8) is 0 Å². The predicted molar refractivity (Wildman–Crippen MR) is 109 cm³/mol. The maximum absolute atomic E-state index is 12.9. The molecular formula is C22H34N2O4. The number of nitrogens with one attached hydrogen (secondary N) is 2. The van der Waals surface area contributed by atoms with Gasteiger partial charge in [-0.15, -0.1) is 0 Å². The van der Waals surface area contributed by atoms with Crippen LogP contribution in [0.2, 0.25) is 0 Å². The Hall–Kier alpha value is -2.08. The third kappa shape index (κ3) is 6.51. The summed E-state index contributed by atoms with van der Waals surface area (Å²) in [6.07, 6.45) is 1.10. The molecule has 3 N–H and O–H groups in total. The first kappa shape index (κ1) is 22.2. The zero-order valence-electron chi connectivity index (χ0n) is 17.6. The van der Waals surface area contributed by atoms with E-state index in [9.17, 15) is 14.7 Å². The van der Waals surface area contributed by atoms with E-state index in [4.69, 9.17) is 4.74 Å². The lowest BCUT2D eigenvalue weighted by atomic mass is 9.90. The normalized spacial score (nSPS) is 17.5. The number of amides is 2. The van der Waals surface area contributed by atoms with Gasteiger partial charge in [-0.25, -0.2) is 4.79 Å². The van der Waals surface area contributed by atoms with Gasteiger partial charge in [-0.2, -0.15) is 0 Å². The van der Waals surface area contributed by atoms with Gasteiger partial charge in [0.2, 0.25) is 5.91 Å².